The average Bonchev–Trinajstić information content (AvgIpc) is 2.67. The monoisotopic (exact) mass is 371 g/mol. The van der Waals surface area contributed by atoms with Gasteiger partial charge in [-0.25, -0.2) is 0 Å². The number of phenolic OH excluding ortho intramolecular Hbond substituents is 1. The predicted molar refractivity (Wildman–Crippen MR) is 108 cm³/mol. The lowest BCUT2D eigenvalue weighted by Gasteiger charge is -2.19. The normalized spacial score (nSPS) is 11.7. The van der Waals surface area contributed by atoms with E-state index in [4.69, 9.17) is 9.47 Å². The van der Waals surface area contributed by atoms with Crippen molar-refractivity contribution >= 4 is 11.6 Å². The van der Waals surface area contributed by atoms with Crippen molar-refractivity contribution in [1.82, 2.24) is 0 Å². The molecule has 0 heterocycles. The second-order valence-corrected chi connectivity index (χ2v) is 6.64. The number of nitrogens with one attached hydrogen (secondary N) is 1. The Balaban J connectivity index is 2.09. The summed E-state index contributed by atoms with van der Waals surface area (Å²) in [6.07, 6.45) is 4.21. The number of unbranched alkanes of at least 4 members (excludes halogenated alkanes) is 3. The van der Waals surface area contributed by atoms with E-state index in [1.807, 2.05) is 6.92 Å². The van der Waals surface area contributed by atoms with Crippen LogP contribution in [0.4, 0.5) is 5.69 Å². The van der Waals surface area contributed by atoms with Gasteiger partial charge in [-0.2, -0.15) is 0 Å². The van der Waals surface area contributed by atoms with E-state index in [2.05, 4.69) is 12.2 Å². The molecule has 2 aromatic rings. The molecule has 2 aromatic carbocycles. The summed E-state index contributed by atoms with van der Waals surface area (Å²) in [5.74, 6) is 1.13. The minimum Gasteiger partial charge on any atom is -0.506 e. The molecule has 0 aromatic heterocycles. The SMILES string of the molecule is CCCCCCC(Oc1ccc(OC)cc1)C(=O)Nc1cc(C)ccc1O. The molecule has 0 saturated carbocycles. The molecule has 1 atom stereocenters. The van der Waals surface area contributed by atoms with Gasteiger partial charge in [-0.3, -0.25) is 4.79 Å². The summed E-state index contributed by atoms with van der Waals surface area (Å²) < 4.78 is 11.1. The van der Waals surface area contributed by atoms with Crippen molar-refractivity contribution in [2.75, 3.05) is 12.4 Å². The van der Waals surface area contributed by atoms with Crippen LogP contribution in [0, 0.1) is 6.92 Å². The fourth-order valence-electron chi connectivity index (χ4n) is 2.78. The molecule has 27 heavy (non-hydrogen) atoms. The molecule has 0 saturated heterocycles. The highest BCUT2D eigenvalue weighted by Gasteiger charge is 2.21. The Morgan fingerprint density at radius 1 is 1.07 bits per heavy atom. The van der Waals surface area contributed by atoms with E-state index in [-0.39, 0.29) is 11.7 Å². The van der Waals surface area contributed by atoms with E-state index in [1.165, 1.54) is 0 Å². The topological polar surface area (TPSA) is 67.8 Å². The van der Waals surface area contributed by atoms with Crippen molar-refractivity contribution in [1.29, 1.82) is 0 Å². The maximum Gasteiger partial charge on any atom is 0.265 e. The Hall–Kier alpha value is -2.69. The number of aromatic hydroxyl groups is 1. The minimum absolute atomic E-state index is 0.0446. The largest absolute Gasteiger partial charge is 0.506 e. The first-order valence-electron chi connectivity index (χ1n) is 9.44. The lowest BCUT2D eigenvalue weighted by Crippen LogP contribution is -2.33. The zero-order chi connectivity index (χ0) is 19.6. The number of anilines is 1. The number of phenols is 1. The van der Waals surface area contributed by atoms with E-state index in [0.717, 1.165) is 37.0 Å². The number of hydrogen-bond donors (Lipinski definition) is 2. The number of aryl methyl sites for hydroxylation is 1. The van der Waals surface area contributed by atoms with Gasteiger partial charge < -0.3 is 19.9 Å². The van der Waals surface area contributed by atoms with Crippen LogP contribution >= 0.6 is 0 Å². The standard InChI is InChI=1S/C22H29NO4/c1-4-5-6-7-8-21(27-18-12-10-17(26-3)11-13-18)22(25)23-19-15-16(2)9-14-20(19)24/h9-15,21,24H,4-8H2,1-3H3,(H,23,25). The smallest absolute Gasteiger partial charge is 0.265 e. The lowest BCUT2D eigenvalue weighted by molar-refractivity contribution is -0.123. The van der Waals surface area contributed by atoms with E-state index in [1.54, 1.807) is 49.6 Å². The minimum atomic E-state index is -0.629. The number of hydrogen-bond acceptors (Lipinski definition) is 4. The molecule has 0 bridgehead atoms. The van der Waals surface area contributed by atoms with E-state index < -0.39 is 6.10 Å². The van der Waals surface area contributed by atoms with Crippen LogP contribution in [0.15, 0.2) is 42.5 Å². The van der Waals surface area contributed by atoms with Gasteiger partial charge in [-0.15, -0.1) is 0 Å². The molecule has 5 heteroatoms. The first-order chi connectivity index (χ1) is 13.0. The van der Waals surface area contributed by atoms with Crippen LogP contribution in [0.5, 0.6) is 17.2 Å². The van der Waals surface area contributed by atoms with Crippen LogP contribution in [0.2, 0.25) is 0 Å². The lowest BCUT2D eigenvalue weighted by atomic mass is 10.1. The van der Waals surface area contributed by atoms with Gasteiger partial charge in [-0.1, -0.05) is 32.3 Å². The third kappa shape index (κ3) is 6.51. The molecule has 0 aliphatic carbocycles. The number of ether oxygens (including phenoxy) is 2. The molecule has 0 spiro atoms. The van der Waals surface area contributed by atoms with Crippen LogP contribution in [0.1, 0.15) is 44.6 Å². The Morgan fingerprint density at radius 3 is 2.44 bits per heavy atom. The Bertz CT molecular complexity index is 728. The summed E-state index contributed by atoms with van der Waals surface area (Å²) in [6.45, 7) is 4.06. The second kappa shape index (κ2) is 10.5. The van der Waals surface area contributed by atoms with Crippen molar-refractivity contribution in [2.24, 2.45) is 0 Å². The summed E-state index contributed by atoms with van der Waals surface area (Å²) >= 11 is 0. The van der Waals surface area contributed by atoms with E-state index >= 15 is 0 Å². The average molecular weight is 371 g/mol. The van der Waals surface area contributed by atoms with Crippen LogP contribution in [-0.4, -0.2) is 24.2 Å². The molecule has 146 valence electrons. The fourth-order valence-corrected chi connectivity index (χ4v) is 2.78. The van der Waals surface area contributed by atoms with Gasteiger partial charge in [0.2, 0.25) is 0 Å². The van der Waals surface area contributed by atoms with Gasteiger partial charge in [0.1, 0.15) is 17.2 Å². The van der Waals surface area contributed by atoms with Crippen LogP contribution in [0.3, 0.4) is 0 Å². The van der Waals surface area contributed by atoms with Gasteiger partial charge >= 0.3 is 0 Å². The molecule has 2 rings (SSSR count). The highest BCUT2D eigenvalue weighted by Crippen LogP contribution is 2.25. The highest BCUT2D eigenvalue weighted by atomic mass is 16.5. The molecule has 2 N–H and O–H groups in total. The van der Waals surface area contributed by atoms with Crippen LogP contribution in [0.25, 0.3) is 0 Å². The van der Waals surface area contributed by atoms with Gasteiger partial charge in [-0.05, 0) is 61.7 Å². The van der Waals surface area contributed by atoms with Crippen molar-refractivity contribution < 1.29 is 19.4 Å². The molecule has 0 fully saturated rings. The maximum atomic E-state index is 12.8. The highest BCUT2D eigenvalue weighted by molar-refractivity contribution is 5.95. The quantitative estimate of drug-likeness (QED) is 0.452. The number of amides is 1. The molecule has 0 aliphatic rings. The molecular formula is C22H29NO4. The van der Waals surface area contributed by atoms with Crippen LogP contribution < -0.4 is 14.8 Å². The fraction of sp³-hybridized carbons (Fsp3) is 0.409. The van der Waals surface area contributed by atoms with Gasteiger partial charge in [0.05, 0.1) is 12.8 Å². The Kier molecular flexibility index (Phi) is 7.99. The summed E-state index contributed by atoms with van der Waals surface area (Å²) in [6, 6.07) is 12.3. The van der Waals surface area contributed by atoms with Crippen molar-refractivity contribution in [3.05, 3.63) is 48.0 Å². The second-order valence-electron chi connectivity index (χ2n) is 6.64. The molecule has 0 radical (unpaired) electrons. The van der Waals surface area contributed by atoms with Crippen LogP contribution in [-0.2, 0) is 4.79 Å². The molecule has 0 aliphatic heterocycles. The first-order valence-corrected chi connectivity index (χ1v) is 9.44. The third-order valence-corrected chi connectivity index (χ3v) is 4.36. The molecular weight excluding hydrogens is 342 g/mol. The third-order valence-electron chi connectivity index (χ3n) is 4.36. The maximum absolute atomic E-state index is 12.8. The Labute approximate surface area is 161 Å². The van der Waals surface area contributed by atoms with Crippen molar-refractivity contribution in [3.8, 4) is 17.2 Å². The number of benzene rings is 2. The molecule has 5 nitrogen and oxygen atoms in total. The van der Waals surface area contributed by atoms with Gasteiger partial charge in [0.15, 0.2) is 6.10 Å². The summed E-state index contributed by atoms with van der Waals surface area (Å²) in [7, 11) is 1.61. The zero-order valence-corrected chi connectivity index (χ0v) is 16.3. The number of methoxy groups -OCH3 is 1. The van der Waals surface area contributed by atoms with E-state index in [9.17, 15) is 9.90 Å². The number of rotatable bonds is 10. The van der Waals surface area contributed by atoms with Crippen molar-refractivity contribution in [2.45, 2.75) is 52.1 Å². The van der Waals surface area contributed by atoms with Gasteiger partial charge in [0, 0.05) is 0 Å². The molecule has 1 amide bonds. The predicted octanol–water partition coefficient (Wildman–Crippen LogP) is 5.07. The number of carbonyl (C=O) groups is 1. The summed E-state index contributed by atoms with van der Waals surface area (Å²) in [4.78, 5) is 12.8. The molecule has 1 unspecified atom stereocenters. The number of carbonyl (C=O) groups excluding carboxylic acids is 1. The summed E-state index contributed by atoms with van der Waals surface area (Å²) in [5, 5.41) is 12.8. The van der Waals surface area contributed by atoms with E-state index in [0.29, 0.717) is 17.9 Å². The van der Waals surface area contributed by atoms with Gasteiger partial charge in [0.25, 0.3) is 5.91 Å². The first kappa shape index (κ1) is 20.6. The van der Waals surface area contributed by atoms with Crippen molar-refractivity contribution in [3.63, 3.8) is 0 Å². The summed E-state index contributed by atoms with van der Waals surface area (Å²) in [5.41, 5.74) is 1.36. The zero-order valence-electron chi connectivity index (χ0n) is 16.3. The Morgan fingerprint density at radius 2 is 1.78 bits per heavy atom.